The number of aromatic nitrogens is 4. The molecule has 3 aromatic heterocycles. The molecule has 0 aromatic carbocycles. The molecule has 3 N–H and O–H groups in total. The summed E-state index contributed by atoms with van der Waals surface area (Å²) in [5, 5.41) is 1.00. The second kappa shape index (κ2) is 5.47. The molecule has 4 heterocycles. The predicted molar refractivity (Wildman–Crippen MR) is 86.1 cm³/mol. The number of anilines is 1. The molecule has 0 saturated carbocycles. The zero-order valence-electron chi connectivity index (χ0n) is 11.7. The van der Waals surface area contributed by atoms with Crippen LogP contribution < -0.4 is 10.6 Å². The van der Waals surface area contributed by atoms with E-state index in [-0.39, 0.29) is 0 Å². The van der Waals surface area contributed by atoms with Gasteiger partial charge >= 0.3 is 0 Å². The number of nitrogens with one attached hydrogen (secondary N) is 1. The number of fused-ring (bicyclic) bond motifs is 1. The molecule has 0 unspecified atom stereocenters. The number of hydrogen-bond donors (Lipinski definition) is 2. The number of aromatic amines is 1. The fraction of sp³-hybridized carbons (Fsp3) is 0.214. The van der Waals surface area contributed by atoms with Gasteiger partial charge in [-0.05, 0) is 6.07 Å². The van der Waals surface area contributed by atoms with Crippen LogP contribution in [0.4, 0.5) is 5.82 Å². The molecule has 0 spiro atoms. The molecule has 1 aliphatic rings. The Morgan fingerprint density at radius 1 is 1.36 bits per heavy atom. The molecule has 0 radical (unpaired) electrons. The van der Waals surface area contributed by atoms with Crippen LogP contribution in [0, 0.1) is 0 Å². The van der Waals surface area contributed by atoms with Gasteiger partial charge in [0.2, 0.25) is 5.89 Å². The second-order valence-electron chi connectivity index (χ2n) is 4.79. The van der Waals surface area contributed by atoms with E-state index in [1.54, 1.807) is 24.3 Å². The minimum Gasteiger partial charge on any atom is -0.439 e. The Labute approximate surface area is 130 Å². The summed E-state index contributed by atoms with van der Waals surface area (Å²) in [5.74, 6) is 3.13. The maximum Gasteiger partial charge on any atom is 0.208 e. The van der Waals surface area contributed by atoms with E-state index < -0.39 is 0 Å². The van der Waals surface area contributed by atoms with Gasteiger partial charge in [-0.15, -0.1) is 11.8 Å². The van der Waals surface area contributed by atoms with Gasteiger partial charge in [-0.25, -0.2) is 15.0 Å². The quantitative estimate of drug-likeness (QED) is 0.762. The Hall–Kier alpha value is -2.32. The first kappa shape index (κ1) is 13.4. The Morgan fingerprint density at radius 3 is 3.18 bits per heavy atom. The molecule has 0 atom stereocenters. The van der Waals surface area contributed by atoms with E-state index in [9.17, 15) is 0 Å². The average Bonchev–Trinajstić information content (AvgIpc) is 3.23. The summed E-state index contributed by atoms with van der Waals surface area (Å²) in [6.45, 7) is 1.18. The van der Waals surface area contributed by atoms with Crippen molar-refractivity contribution >= 4 is 33.5 Å². The third-order valence-electron chi connectivity index (χ3n) is 3.44. The van der Waals surface area contributed by atoms with Gasteiger partial charge in [0.25, 0.3) is 0 Å². The van der Waals surface area contributed by atoms with Crippen LogP contribution in [0.3, 0.4) is 0 Å². The lowest BCUT2D eigenvalue weighted by atomic mass is 10.3. The molecule has 22 heavy (non-hydrogen) atoms. The minimum atomic E-state index is 0.303. The summed E-state index contributed by atoms with van der Waals surface area (Å²) >= 11 is 1.74. The summed E-state index contributed by atoms with van der Waals surface area (Å²) in [6, 6.07) is 1.99. The van der Waals surface area contributed by atoms with Crippen LogP contribution in [0.1, 0.15) is 11.7 Å². The maximum atomic E-state index is 5.64. The van der Waals surface area contributed by atoms with Gasteiger partial charge in [0.05, 0.1) is 23.0 Å². The Bertz CT molecular complexity index is 839. The fourth-order valence-corrected chi connectivity index (χ4v) is 3.35. The van der Waals surface area contributed by atoms with E-state index >= 15 is 0 Å². The lowest BCUT2D eigenvalue weighted by Crippen LogP contribution is -2.24. The van der Waals surface area contributed by atoms with Gasteiger partial charge in [-0.2, -0.15) is 0 Å². The molecule has 3 aromatic rings. The van der Waals surface area contributed by atoms with Gasteiger partial charge < -0.3 is 20.0 Å². The van der Waals surface area contributed by atoms with Crippen LogP contribution >= 0.6 is 11.8 Å². The SMILES string of the molecule is NCc1ncc(C2=CN(c3ncnc4[nH]ccc34)CCS2)o1. The highest BCUT2D eigenvalue weighted by molar-refractivity contribution is 8.08. The van der Waals surface area contributed by atoms with Crippen molar-refractivity contribution in [2.24, 2.45) is 5.73 Å². The van der Waals surface area contributed by atoms with Crippen molar-refractivity contribution in [2.45, 2.75) is 6.54 Å². The molecular formula is C14H14N6OS. The van der Waals surface area contributed by atoms with Crippen LogP contribution in [0.2, 0.25) is 0 Å². The fourth-order valence-electron chi connectivity index (χ4n) is 2.41. The smallest absolute Gasteiger partial charge is 0.208 e. The van der Waals surface area contributed by atoms with Crippen molar-refractivity contribution < 1.29 is 4.42 Å². The zero-order valence-corrected chi connectivity index (χ0v) is 12.5. The minimum absolute atomic E-state index is 0.303. The van der Waals surface area contributed by atoms with Gasteiger partial charge in [0.15, 0.2) is 5.76 Å². The summed E-state index contributed by atoms with van der Waals surface area (Å²) in [6.07, 6.45) is 7.21. The first-order valence-electron chi connectivity index (χ1n) is 6.89. The van der Waals surface area contributed by atoms with E-state index in [2.05, 4.69) is 24.8 Å². The topological polar surface area (TPSA) is 96.9 Å². The highest BCUT2D eigenvalue weighted by atomic mass is 32.2. The lowest BCUT2D eigenvalue weighted by molar-refractivity contribution is 0.489. The number of hydrogen-bond acceptors (Lipinski definition) is 7. The van der Waals surface area contributed by atoms with Crippen LogP contribution in [-0.2, 0) is 6.54 Å². The summed E-state index contributed by atoms with van der Waals surface area (Å²) in [5.41, 5.74) is 6.38. The molecule has 0 aliphatic carbocycles. The van der Waals surface area contributed by atoms with Crippen molar-refractivity contribution in [3.05, 3.63) is 42.6 Å². The Morgan fingerprint density at radius 2 is 2.32 bits per heavy atom. The Balaban J connectivity index is 1.73. The third kappa shape index (κ3) is 2.26. The largest absolute Gasteiger partial charge is 0.439 e. The van der Waals surface area contributed by atoms with E-state index in [4.69, 9.17) is 10.2 Å². The average molecular weight is 314 g/mol. The van der Waals surface area contributed by atoms with Gasteiger partial charge in [-0.1, -0.05) is 0 Å². The molecule has 1 aliphatic heterocycles. The van der Waals surface area contributed by atoms with Gasteiger partial charge in [0.1, 0.15) is 17.8 Å². The molecule has 7 nitrogen and oxygen atoms in total. The molecule has 0 bridgehead atoms. The number of nitrogens with two attached hydrogens (primary N) is 1. The predicted octanol–water partition coefficient (Wildman–Crippen LogP) is 1.96. The van der Waals surface area contributed by atoms with Crippen molar-refractivity contribution in [3.8, 4) is 0 Å². The van der Waals surface area contributed by atoms with Crippen LogP contribution in [0.5, 0.6) is 0 Å². The molecule has 4 rings (SSSR count). The first-order chi connectivity index (χ1) is 10.8. The third-order valence-corrected chi connectivity index (χ3v) is 4.44. The van der Waals surface area contributed by atoms with Crippen LogP contribution in [-0.4, -0.2) is 32.2 Å². The lowest BCUT2D eigenvalue weighted by Gasteiger charge is -2.25. The molecule has 112 valence electrons. The molecule has 8 heteroatoms. The summed E-state index contributed by atoms with van der Waals surface area (Å²) in [4.78, 5) is 19.1. The number of oxazole rings is 1. The van der Waals surface area contributed by atoms with Crippen LogP contribution in [0.25, 0.3) is 15.9 Å². The van der Waals surface area contributed by atoms with E-state index in [0.717, 1.165) is 39.8 Å². The van der Waals surface area contributed by atoms with Gasteiger partial charge in [0, 0.05) is 24.7 Å². The molecule has 0 amide bonds. The summed E-state index contributed by atoms with van der Waals surface area (Å²) in [7, 11) is 0. The van der Waals surface area contributed by atoms with Crippen molar-refractivity contribution in [1.29, 1.82) is 0 Å². The highest BCUT2D eigenvalue weighted by Gasteiger charge is 2.19. The van der Waals surface area contributed by atoms with E-state index in [1.165, 1.54) is 0 Å². The van der Waals surface area contributed by atoms with Crippen molar-refractivity contribution in [2.75, 3.05) is 17.2 Å². The zero-order chi connectivity index (χ0) is 14.9. The molecular weight excluding hydrogens is 300 g/mol. The van der Waals surface area contributed by atoms with E-state index in [0.29, 0.717) is 12.4 Å². The maximum absolute atomic E-state index is 5.64. The molecule has 0 saturated heterocycles. The van der Waals surface area contributed by atoms with Crippen molar-refractivity contribution in [1.82, 2.24) is 19.9 Å². The van der Waals surface area contributed by atoms with Crippen molar-refractivity contribution in [3.63, 3.8) is 0 Å². The van der Waals surface area contributed by atoms with Gasteiger partial charge in [-0.3, -0.25) is 0 Å². The normalized spacial score (nSPS) is 15.3. The van der Waals surface area contributed by atoms with Crippen LogP contribution in [0.15, 0.2) is 35.4 Å². The first-order valence-corrected chi connectivity index (χ1v) is 7.88. The summed E-state index contributed by atoms with van der Waals surface area (Å²) < 4.78 is 5.64. The van der Waals surface area contributed by atoms with E-state index in [1.807, 2.05) is 18.5 Å². The molecule has 0 fully saturated rings. The number of H-pyrrole nitrogens is 1. The standard InChI is InChI=1S/C14H14N6OS/c15-5-12-17-6-10(21-12)11-7-20(3-4-22-11)14-9-1-2-16-13(9)18-8-19-14/h1-2,6-8H,3-5,15H2,(H,16,18,19). The highest BCUT2D eigenvalue weighted by Crippen LogP contribution is 2.34. The number of nitrogens with zero attached hydrogens (tertiary/aromatic N) is 4. The second-order valence-corrected chi connectivity index (χ2v) is 5.93. The number of rotatable bonds is 3. The Kier molecular flexibility index (Phi) is 3.32. The number of thioether (sulfide) groups is 1. The monoisotopic (exact) mass is 314 g/mol.